The Morgan fingerprint density at radius 2 is 1.89 bits per heavy atom. The average molecular weight is 378 g/mol. The minimum Gasteiger partial charge on any atom is -0.454 e. The molecule has 12 heteroatoms. The quantitative estimate of drug-likeness (QED) is 0.509. The highest BCUT2D eigenvalue weighted by Crippen LogP contribution is 2.40. The highest BCUT2D eigenvalue weighted by atomic mass is 16.7. The second kappa shape index (κ2) is 6.16. The van der Waals surface area contributed by atoms with Gasteiger partial charge in [0.25, 0.3) is 5.56 Å². The second-order valence-electron chi connectivity index (χ2n) is 6.05. The lowest BCUT2D eigenvalue weighted by atomic mass is 10.1. The molecule has 142 valence electrons. The molecule has 0 amide bonds. The number of carbonyl (C=O) groups excluding carboxylic acids is 3. The Morgan fingerprint density at radius 3 is 2.59 bits per heavy atom. The molecule has 0 radical (unpaired) electrons. The summed E-state index contributed by atoms with van der Waals surface area (Å²) in [6, 6.07) is 0. The van der Waals surface area contributed by atoms with Crippen LogP contribution in [0.2, 0.25) is 0 Å². The number of hydrogen-bond acceptors (Lipinski definition) is 10. The molecule has 2 aliphatic heterocycles. The summed E-state index contributed by atoms with van der Waals surface area (Å²) in [6.07, 6.45) is -2.93. The molecular weight excluding hydrogens is 364 g/mol. The Hall–Kier alpha value is -3.28. The van der Waals surface area contributed by atoms with Crippen molar-refractivity contribution in [2.24, 2.45) is 0 Å². The van der Waals surface area contributed by atoms with E-state index in [0.29, 0.717) is 0 Å². The molecule has 4 heterocycles. The van der Waals surface area contributed by atoms with Crippen LogP contribution in [0.4, 0.5) is 0 Å². The number of fused-ring (bicyclic) bond motifs is 2. The number of aromatic amines is 1. The summed E-state index contributed by atoms with van der Waals surface area (Å²) in [7, 11) is 0. The maximum Gasteiger partial charge on any atom is 0.350 e. The highest BCUT2D eigenvalue weighted by Gasteiger charge is 2.61. The molecular formula is C15H14N4O8. The lowest BCUT2D eigenvalue weighted by Crippen LogP contribution is -2.36. The SMILES string of the molecule is CC(=O)O[C@@H]1[C@H]2OC(=O)[C@H](OC(C)=O)[C@@H]2O[C@@H]1n1cnc2nc[nH]c(=O)c21. The molecule has 0 saturated carbocycles. The molecule has 5 atom stereocenters. The van der Waals surface area contributed by atoms with Crippen LogP contribution in [-0.2, 0) is 33.3 Å². The fraction of sp³-hybridized carbons (Fsp3) is 0.467. The standard InChI is InChI=1S/C15H14N4O8/c1-5(20)24-10-8-9(11(15(23)27-8)25-6(2)21)26-14(10)19-4-18-12-7(19)13(22)17-3-16-12/h3-4,8-11,14H,1-2H3,(H,16,17,22)/t8-,9+,10+,11+,14-/m0/s1. The monoisotopic (exact) mass is 378 g/mol. The van der Waals surface area contributed by atoms with Gasteiger partial charge >= 0.3 is 17.9 Å². The molecule has 1 N–H and O–H groups in total. The normalized spacial score (nSPS) is 29.4. The van der Waals surface area contributed by atoms with E-state index in [0.717, 1.165) is 6.92 Å². The molecule has 2 fully saturated rings. The fourth-order valence-electron chi connectivity index (χ4n) is 3.29. The van der Waals surface area contributed by atoms with Crippen LogP contribution in [0.15, 0.2) is 17.4 Å². The predicted molar refractivity (Wildman–Crippen MR) is 83.0 cm³/mol. The van der Waals surface area contributed by atoms with Gasteiger partial charge in [-0.2, -0.15) is 0 Å². The van der Waals surface area contributed by atoms with Crippen molar-refractivity contribution < 1.29 is 33.3 Å². The van der Waals surface area contributed by atoms with Crippen molar-refractivity contribution in [1.82, 2.24) is 19.5 Å². The minimum atomic E-state index is -1.30. The van der Waals surface area contributed by atoms with Crippen LogP contribution in [-0.4, -0.2) is 61.8 Å². The number of ether oxygens (including phenoxy) is 4. The Balaban J connectivity index is 1.76. The summed E-state index contributed by atoms with van der Waals surface area (Å²) in [5, 5.41) is 0. The van der Waals surface area contributed by atoms with Gasteiger partial charge in [0.05, 0.1) is 6.33 Å². The van der Waals surface area contributed by atoms with Crippen molar-refractivity contribution in [2.75, 3.05) is 0 Å². The zero-order valence-corrected chi connectivity index (χ0v) is 14.1. The number of rotatable bonds is 3. The zero-order chi connectivity index (χ0) is 19.3. The minimum absolute atomic E-state index is 0.0926. The van der Waals surface area contributed by atoms with Gasteiger partial charge in [0.2, 0.25) is 6.10 Å². The molecule has 12 nitrogen and oxygen atoms in total. The molecule has 4 rings (SSSR count). The third-order valence-corrected chi connectivity index (χ3v) is 4.25. The van der Waals surface area contributed by atoms with Gasteiger partial charge in [0, 0.05) is 13.8 Å². The third-order valence-electron chi connectivity index (χ3n) is 4.25. The van der Waals surface area contributed by atoms with E-state index in [2.05, 4.69) is 15.0 Å². The Morgan fingerprint density at radius 1 is 1.15 bits per heavy atom. The molecule has 2 aromatic heterocycles. The summed E-state index contributed by atoms with van der Waals surface area (Å²) >= 11 is 0. The van der Waals surface area contributed by atoms with Gasteiger partial charge in [0.1, 0.15) is 12.4 Å². The van der Waals surface area contributed by atoms with Crippen molar-refractivity contribution in [3.8, 4) is 0 Å². The van der Waals surface area contributed by atoms with Crippen molar-refractivity contribution in [3.05, 3.63) is 23.0 Å². The van der Waals surface area contributed by atoms with Crippen molar-refractivity contribution in [1.29, 1.82) is 0 Å². The third kappa shape index (κ3) is 2.73. The maximum atomic E-state index is 12.2. The van der Waals surface area contributed by atoms with Crippen LogP contribution in [0.1, 0.15) is 20.1 Å². The van der Waals surface area contributed by atoms with Crippen molar-refractivity contribution in [2.45, 2.75) is 44.5 Å². The topological polar surface area (TPSA) is 152 Å². The van der Waals surface area contributed by atoms with E-state index in [1.54, 1.807) is 0 Å². The molecule has 0 aliphatic carbocycles. The summed E-state index contributed by atoms with van der Waals surface area (Å²) < 4.78 is 22.7. The first-order valence-corrected chi connectivity index (χ1v) is 7.97. The Labute approximate surface area is 150 Å². The van der Waals surface area contributed by atoms with Crippen molar-refractivity contribution in [3.63, 3.8) is 0 Å². The fourth-order valence-corrected chi connectivity index (χ4v) is 3.29. The Kier molecular flexibility index (Phi) is 3.91. The zero-order valence-electron chi connectivity index (χ0n) is 14.1. The van der Waals surface area contributed by atoms with Gasteiger partial charge in [-0.05, 0) is 0 Å². The van der Waals surface area contributed by atoms with E-state index in [1.165, 1.54) is 24.1 Å². The number of carbonyl (C=O) groups is 3. The van der Waals surface area contributed by atoms with Gasteiger partial charge in [-0.15, -0.1) is 0 Å². The van der Waals surface area contributed by atoms with Crippen LogP contribution < -0.4 is 5.56 Å². The predicted octanol–water partition coefficient (Wildman–Crippen LogP) is -1.19. The molecule has 0 bridgehead atoms. The van der Waals surface area contributed by atoms with E-state index in [-0.39, 0.29) is 11.2 Å². The van der Waals surface area contributed by atoms with Gasteiger partial charge in [0.15, 0.2) is 29.6 Å². The van der Waals surface area contributed by atoms with Gasteiger partial charge in [-0.3, -0.25) is 19.0 Å². The molecule has 0 aromatic carbocycles. The first-order valence-electron chi connectivity index (χ1n) is 7.97. The smallest absolute Gasteiger partial charge is 0.350 e. The number of H-pyrrole nitrogens is 1. The van der Waals surface area contributed by atoms with Crippen molar-refractivity contribution >= 4 is 29.1 Å². The molecule has 2 aliphatic rings. The second-order valence-corrected chi connectivity index (χ2v) is 6.05. The summed E-state index contributed by atoms with van der Waals surface area (Å²) in [5.41, 5.74) is -0.224. The average Bonchev–Trinajstić information content (AvgIpc) is 3.23. The number of hydrogen-bond donors (Lipinski definition) is 1. The van der Waals surface area contributed by atoms with E-state index in [4.69, 9.17) is 18.9 Å². The number of esters is 3. The summed E-state index contributed by atoms with van der Waals surface area (Å²) in [6.45, 7) is 2.33. The molecule has 0 unspecified atom stereocenters. The van der Waals surface area contributed by atoms with Crippen LogP contribution in [0.25, 0.3) is 11.2 Å². The molecule has 2 aromatic rings. The number of nitrogens with one attached hydrogen (secondary N) is 1. The van der Waals surface area contributed by atoms with Crippen LogP contribution in [0.5, 0.6) is 0 Å². The largest absolute Gasteiger partial charge is 0.454 e. The van der Waals surface area contributed by atoms with Gasteiger partial charge in [-0.25, -0.2) is 14.8 Å². The number of nitrogens with zero attached hydrogens (tertiary/aromatic N) is 3. The first-order chi connectivity index (χ1) is 12.9. The van der Waals surface area contributed by atoms with E-state index in [9.17, 15) is 19.2 Å². The van der Waals surface area contributed by atoms with E-state index >= 15 is 0 Å². The molecule has 0 spiro atoms. The van der Waals surface area contributed by atoms with Gasteiger partial charge in [-0.1, -0.05) is 0 Å². The maximum absolute atomic E-state index is 12.2. The summed E-state index contributed by atoms with van der Waals surface area (Å²) in [4.78, 5) is 57.5. The lowest BCUT2D eigenvalue weighted by Gasteiger charge is -2.22. The Bertz CT molecular complexity index is 997. The summed E-state index contributed by atoms with van der Waals surface area (Å²) in [5.74, 6) is -2.13. The molecule has 27 heavy (non-hydrogen) atoms. The number of imidazole rings is 1. The lowest BCUT2D eigenvalue weighted by molar-refractivity contribution is -0.174. The molecule has 2 saturated heterocycles. The van der Waals surface area contributed by atoms with Crippen LogP contribution >= 0.6 is 0 Å². The van der Waals surface area contributed by atoms with Crippen LogP contribution in [0, 0.1) is 0 Å². The van der Waals surface area contributed by atoms with Crippen LogP contribution in [0.3, 0.4) is 0 Å². The number of aromatic nitrogens is 4. The first kappa shape index (κ1) is 17.1. The van der Waals surface area contributed by atoms with Gasteiger partial charge < -0.3 is 23.9 Å². The van der Waals surface area contributed by atoms with E-state index in [1.807, 2.05) is 0 Å². The van der Waals surface area contributed by atoms with E-state index < -0.39 is 54.1 Å². The highest BCUT2D eigenvalue weighted by molar-refractivity contribution is 5.82.